The molecule has 0 aromatic heterocycles. The van der Waals surface area contributed by atoms with Gasteiger partial charge in [-0.15, -0.1) is 0 Å². The lowest BCUT2D eigenvalue weighted by atomic mass is 9.49. The molecule has 1 saturated carbocycles. The van der Waals surface area contributed by atoms with Gasteiger partial charge < -0.3 is 5.32 Å². The zero-order valence-electron chi connectivity index (χ0n) is 8.66. The second kappa shape index (κ2) is 2.84. The van der Waals surface area contributed by atoms with E-state index >= 15 is 0 Å². The third kappa shape index (κ3) is 1.13. The third-order valence-corrected chi connectivity index (χ3v) is 3.89. The number of hydrogen-bond acceptors (Lipinski definition) is 2. The minimum Gasteiger partial charge on any atom is -0.316 e. The molecule has 1 saturated heterocycles. The maximum absolute atomic E-state index is 9.37. The summed E-state index contributed by atoms with van der Waals surface area (Å²) >= 11 is 0. The first-order valence-electron chi connectivity index (χ1n) is 5.46. The predicted octanol–water partition coefficient (Wildman–Crippen LogP) is 1.83. The van der Waals surface area contributed by atoms with E-state index in [9.17, 15) is 5.26 Å². The summed E-state index contributed by atoms with van der Waals surface area (Å²) in [7, 11) is 0. The van der Waals surface area contributed by atoms with Crippen LogP contribution in [0.2, 0.25) is 0 Å². The molecule has 1 spiro atoms. The van der Waals surface area contributed by atoms with Crippen molar-refractivity contribution in [1.29, 1.82) is 5.26 Å². The van der Waals surface area contributed by atoms with Crippen LogP contribution in [-0.2, 0) is 5.41 Å². The van der Waals surface area contributed by atoms with E-state index in [4.69, 9.17) is 0 Å². The fraction of sp³-hybridized carbons (Fsp3) is 0.462. The summed E-state index contributed by atoms with van der Waals surface area (Å²) < 4.78 is 0. The summed E-state index contributed by atoms with van der Waals surface area (Å²) in [5.74, 6) is 0. The van der Waals surface area contributed by atoms with Crippen LogP contribution in [0.1, 0.15) is 18.4 Å². The van der Waals surface area contributed by atoms with Crippen LogP contribution < -0.4 is 5.32 Å². The Balaban J connectivity index is 1.88. The lowest BCUT2D eigenvalue weighted by Crippen LogP contribution is -2.65. The van der Waals surface area contributed by atoms with Crippen molar-refractivity contribution < 1.29 is 0 Å². The largest absolute Gasteiger partial charge is 0.316 e. The van der Waals surface area contributed by atoms with E-state index in [0.717, 1.165) is 25.9 Å². The molecule has 2 heteroatoms. The van der Waals surface area contributed by atoms with Gasteiger partial charge in [0.05, 0.1) is 11.5 Å². The normalized spacial score (nSPS) is 25.0. The van der Waals surface area contributed by atoms with E-state index in [1.165, 1.54) is 5.56 Å². The van der Waals surface area contributed by atoms with Crippen LogP contribution in [0.5, 0.6) is 0 Å². The summed E-state index contributed by atoms with van der Waals surface area (Å²) in [5.41, 5.74) is 1.46. The second-order valence-corrected chi connectivity index (χ2v) is 5.02. The van der Waals surface area contributed by atoms with Crippen molar-refractivity contribution in [3.63, 3.8) is 0 Å². The van der Waals surface area contributed by atoms with Gasteiger partial charge in [0.1, 0.15) is 0 Å². The summed E-state index contributed by atoms with van der Waals surface area (Å²) in [5, 5.41) is 12.7. The van der Waals surface area contributed by atoms with E-state index in [2.05, 4.69) is 23.5 Å². The van der Waals surface area contributed by atoms with Gasteiger partial charge in [-0.05, 0) is 23.8 Å². The Kier molecular flexibility index (Phi) is 1.69. The molecule has 0 unspecified atom stereocenters. The number of nitrogens with one attached hydrogen (secondary N) is 1. The Morgan fingerprint density at radius 2 is 1.80 bits per heavy atom. The Labute approximate surface area is 89.9 Å². The molecule has 15 heavy (non-hydrogen) atoms. The Morgan fingerprint density at radius 3 is 2.27 bits per heavy atom. The molecule has 2 aliphatic rings. The van der Waals surface area contributed by atoms with Gasteiger partial charge in [-0.1, -0.05) is 30.3 Å². The van der Waals surface area contributed by atoms with Crippen LogP contribution in [0.4, 0.5) is 0 Å². The standard InChI is InChI=1S/C13H14N2/c14-8-13(11-4-2-1-3-5-11)6-12(7-13)9-15-10-12/h1-5,15H,6-7,9-10H2. The molecule has 1 N–H and O–H groups in total. The molecule has 1 aromatic carbocycles. The van der Waals surface area contributed by atoms with Crippen molar-refractivity contribution in [2.75, 3.05) is 13.1 Å². The average molecular weight is 198 g/mol. The van der Waals surface area contributed by atoms with E-state index in [0.29, 0.717) is 5.41 Å². The number of nitrogens with zero attached hydrogens (tertiary/aromatic N) is 1. The Bertz CT molecular complexity index is 404. The first-order valence-corrected chi connectivity index (χ1v) is 5.46. The van der Waals surface area contributed by atoms with Crippen molar-refractivity contribution >= 4 is 0 Å². The van der Waals surface area contributed by atoms with E-state index in [1.54, 1.807) is 0 Å². The molecule has 0 bridgehead atoms. The van der Waals surface area contributed by atoms with Crippen molar-refractivity contribution in [1.82, 2.24) is 5.32 Å². The highest BCUT2D eigenvalue weighted by atomic mass is 15.0. The quantitative estimate of drug-likeness (QED) is 0.747. The fourth-order valence-electron chi connectivity index (χ4n) is 3.06. The molecule has 1 aliphatic heterocycles. The van der Waals surface area contributed by atoms with Crippen LogP contribution in [0.3, 0.4) is 0 Å². The van der Waals surface area contributed by atoms with E-state index in [1.807, 2.05) is 18.2 Å². The summed E-state index contributed by atoms with van der Waals surface area (Å²) in [6, 6.07) is 12.8. The van der Waals surface area contributed by atoms with Crippen molar-refractivity contribution in [3.8, 4) is 6.07 Å². The molecule has 76 valence electrons. The fourth-order valence-corrected chi connectivity index (χ4v) is 3.06. The topological polar surface area (TPSA) is 35.8 Å². The summed E-state index contributed by atoms with van der Waals surface area (Å²) in [6.45, 7) is 2.20. The third-order valence-electron chi connectivity index (χ3n) is 3.89. The van der Waals surface area contributed by atoms with Gasteiger partial charge in [-0.25, -0.2) is 0 Å². The van der Waals surface area contributed by atoms with Gasteiger partial charge in [0.15, 0.2) is 0 Å². The minimum absolute atomic E-state index is 0.191. The van der Waals surface area contributed by atoms with Gasteiger partial charge in [0, 0.05) is 13.1 Å². The summed E-state index contributed by atoms with van der Waals surface area (Å²) in [4.78, 5) is 0. The van der Waals surface area contributed by atoms with Gasteiger partial charge in [0.2, 0.25) is 0 Å². The molecule has 2 fully saturated rings. The SMILES string of the molecule is N#CC1(c2ccccc2)CC2(CNC2)C1. The van der Waals surface area contributed by atoms with Crippen LogP contribution >= 0.6 is 0 Å². The van der Waals surface area contributed by atoms with Crippen LogP contribution in [0, 0.1) is 16.7 Å². The van der Waals surface area contributed by atoms with Gasteiger partial charge >= 0.3 is 0 Å². The molecule has 0 amide bonds. The number of hydrogen-bond donors (Lipinski definition) is 1. The maximum Gasteiger partial charge on any atom is 0.0834 e. The summed E-state index contributed by atoms with van der Waals surface area (Å²) in [6.07, 6.45) is 2.07. The molecule has 3 rings (SSSR count). The van der Waals surface area contributed by atoms with Gasteiger partial charge in [-0.2, -0.15) is 5.26 Å². The molecule has 0 atom stereocenters. The van der Waals surface area contributed by atoms with E-state index < -0.39 is 0 Å². The molecule has 1 heterocycles. The molecular weight excluding hydrogens is 184 g/mol. The van der Waals surface area contributed by atoms with E-state index in [-0.39, 0.29) is 5.41 Å². The van der Waals surface area contributed by atoms with Crippen LogP contribution in [0.25, 0.3) is 0 Å². The number of benzene rings is 1. The Morgan fingerprint density at radius 1 is 1.13 bits per heavy atom. The second-order valence-electron chi connectivity index (χ2n) is 5.02. The minimum atomic E-state index is -0.191. The molecule has 2 nitrogen and oxygen atoms in total. The van der Waals surface area contributed by atoms with Crippen LogP contribution in [-0.4, -0.2) is 13.1 Å². The molecule has 1 aromatic rings. The average Bonchev–Trinajstić information content (AvgIpc) is 2.17. The van der Waals surface area contributed by atoms with Crippen molar-refractivity contribution in [3.05, 3.63) is 35.9 Å². The predicted molar refractivity (Wildman–Crippen MR) is 58.3 cm³/mol. The first-order chi connectivity index (χ1) is 7.29. The lowest BCUT2D eigenvalue weighted by molar-refractivity contribution is 0.00235. The molecule has 1 aliphatic carbocycles. The number of nitriles is 1. The zero-order chi connectivity index (χ0) is 10.4. The Hall–Kier alpha value is -1.33. The highest BCUT2D eigenvalue weighted by Crippen LogP contribution is 2.57. The lowest BCUT2D eigenvalue weighted by Gasteiger charge is -2.58. The van der Waals surface area contributed by atoms with Crippen molar-refractivity contribution in [2.24, 2.45) is 5.41 Å². The molecular formula is C13H14N2. The van der Waals surface area contributed by atoms with Gasteiger partial charge in [0.25, 0.3) is 0 Å². The van der Waals surface area contributed by atoms with Crippen molar-refractivity contribution in [2.45, 2.75) is 18.3 Å². The highest BCUT2D eigenvalue weighted by Gasteiger charge is 2.58. The maximum atomic E-state index is 9.37. The number of rotatable bonds is 1. The molecule has 0 radical (unpaired) electrons. The van der Waals surface area contributed by atoms with Crippen LogP contribution in [0.15, 0.2) is 30.3 Å². The highest BCUT2D eigenvalue weighted by molar-refractivity contribution is 5.38. The zero-order valence-corrected chi connectivity index (χ0v) is 8.66. The first kappa shape index (κ1) is 8.94. The monoisotopic (exact) mass is 198 g/mol. The smallest absolute Gasteiger partial charge is 0.0834 e. The van der Waals surface area contributed by atoms with Gasteiger partial charge in [-0.3, -0.25) is 0 Å².